The number of rotatable bonds is 4. The Kier molecular flexibility index (Phi) is 4.70. The van der Waals surface area contributed by atoms with Gasteiger partial charge in [0.25, 0.3) is 0 Å². The molecule has 0 spiro atoms. The Balaban J connectivity index is 1.79. The van der Waals surface area contributed by atoms with Crippen molar-refractivity contribution in [1.82, 2.24) is 10.2 Å². The van der Waals surface area contributed by atoms with Gasteiger partial charge in [0.05, 0.1) is 7.11 Å². The van der Waals surface area contributed by atoms with E-state index in [-0.39, 0.29) is 5.41 Å². The molecule has 0 bridgehead atoms. The average Bonchev–Trinajstić information content (AvgIpc) is 3.08. The largest absolute Gasteiger partial charge is 0.496 e. The molecule has 1 aromatic heterocycles. The zero-order chi connectivity index (χ0) is 17.9. The van der Waals surface area contributed by atoms with Gasteiger partial charge in [0.1, 0.15) is 5.75 Å². The van der Waals surface area contributed by atoms with Crippen LogP contribution >= 0.6 is 0 Å². The van der Waals surface area contributed by atoms with E-state index in [1.54, 1.807) is 13.2 Å². The zero-order valence-electron chi connectivity index (χ0n) is 15.0. The Bertz CT molecular complexity index is 871. The first-order valence-corrected chi connectivity index (χ1v) is 8.23. The molecule has 0 aliphatic heterocycles. The Morgan fingerprint density at radius 2 is 1.64 bits per heavy atom. The van der Waals surface area contributed by atoms with Gasteiger partial charge in [0.15, 0.2) is 0 Å². The number of benzene rings is 2. The Hall–Kier alpha value is -2.88. The second-order valence-electron chi connectivity index (χ2n) is 6.85. The van der Waals surface area contributed by atoms with Crippen LogP contribution in [0.15, 0.2) is 52.9 Å². The highest BCUT2D eigenvalue weighted by atomic mass is 16.5. The third kappa shape index (κ3) is 3.97. The third-order valence-corrected chi connectivity index (χ3v) is 3.98. The molecule has 25 heavy (non-hydrogen) atoms. The van der Waals surface area contributed by atoms with Crippen molar-refractivity contribution in [3.8, 4) is 17.2 Å². The van der Waals surface area contributed by atoms with Crippen molar-refractivity contribution in [3.05, 3.63) is 65.5 Å². The first kappa shape index (κ1) is 17.0. The van der Waals surface area contributed by atoms with E-state index in [0.717, 1.165) is 16.9 Å². The van der Waals surface area contributed by atoms with Gasteiger partial charge in [-0.2, -0.15) is 0 Å². The monoisotopic (exact) mass is 334 g/mol. The summed E-state index contributed by atoms with van der Waals surface area (Å²) in [6.45, 7) is 6.57. The van der Waals surface area contributed by atoms with Crippen LogP contribution in [0.25, 0.3) is 23.6 Å². The van der Waals surface area contributed by atoms with E-state index in [4.69, 9.17) is 9.15 Å². The second kappa shape index (κ2) is 6.93. The lowest BCUT2D eigenvalue weighted by molar-refractivity contribution is 0.414. The highest BCUT2D eigenvalue weighted by molar-refractivity contribution is 5.70. The van der Waals surface area contributed by atoms with Crippen molar-refractivity contribution in [2.24, 2.45) is 0 Å². The van der Waals surface area contributed by atoms with Gasteiger partial charge < -0.3 is 9.15 Å². The van der Waals surface area contributed by atoms with Gasteiger partial charge in [-0.15, -0.1) is 10.2 Å². The lowest BCUT2D eigenvalue weighted by Crippen LogP contribution is -2.10. The molecule has 2 aromatic carbocycles. The minimum absolute atomic E-state index is 0.121. The van der Waals surface area contributed by atoms with Gasteiger partial charge in [-0.1, -0.05) is 51.1 Å². The van der Waals surface area contributed by atoms with Crippen LogP contribution < -0.4 is 4.74 Å². The van der Waals surface area contributed by atoms with Crippen molar-refractivity contribution in [3.63, 3.8) is 0 Å². The van der Waals surface area contributed by atoms with E-state index in [0.29, 0.717) is 11.8 Å². The summed E-state index contributed by atoms with van der Waals surface area (Å²) in [4.78, 5) is 0. The molecule has 0 unspecified atom stereocenters. The van der Waals surface area contributed by atoms with Crippen LogP contribution in [-0.4, -0.2) is 17.3 Å². The fourth-order valence-corrected chi connectivity index (χ4v) is 2.50. The molecule has 4 nitrogen and oxygen atoms in total. The molecule has 0 saturated carbocycles. The van der Waals surface area contributed by atoms with Crippen LogP contribution in [-0.2, 0) is 5.41 Å². The summed E-state index contributed by atoms with van der Waals surface area (Å²) >= 11 is 0. The minimum atomic E-state index is 0.121. The maximum absolute atomic E-state index is 5.74. The molecule has 3 aromatic rings. The molecule has 0 fully saturated rings. The second-order valence-corrected chi connectivity index (χ2v) is 6.85. The predicted octanol–water partition coefficient (Wildman–Crippen LogP) is 5.21. The van der Waals surface area contributed by atoms with Crippen LogP contribution in [0.5, 0.6) is 5.75 Å². The highest BCUT2D eigenvalue weighted by Crippen LogP contribution is 2.26. The Labute approximate surface area is 148 Å². The Morgan fingerprint density at radius 1 is 0.920 bits per heavy atom. The van der Waals surface area contributed by atoms with E-state index in [9.17, 15) is 0 Å². The first-order valence-electron chi connectivity index (χ1n) is 8.23. The minimum Gasteiger partial charge on any atom is -0.496 e. The lowest BCUT2D eigenvalue weighted by atomic mass is 9.87. The van der Waals surface area contributed by atoms with Crippen molar-refractivity contribution in [1.29, 1.82) is 0 Å². The van der Waals surface area contributed by atoms with Crippen LogP contribution in [0.3, 0.4) is 0 Å². The summed E-state index contributed by atoms with van der Waals surface area (Å²) in [5, 5.41) is 8.22. The molecule has 1 heterocycles. The quantitative estimate of drug-likeness (QED) is 0.657. The number of aromatic nitrogens is 2. The maximum Gasteiger partial charge on any atom is 0.248 e. The van der Waals surface area contributed by atoms with E-state index < -0.39 is 0 Å². The summed E-state index contributed by atoms with van der Waals surface area (Å²) < 4.78 is 11.1. The van der Waals surface area contributed by atoms with E-state index >= 15 is 0 Å². The molecule has 0 amide bonds. The number of nitrogens with zero attached hydrogens (tertiary/aromatic N) is 2. The smallest absolute Gasteiger partial charge is 0.248 e. The van der Waals surface area contributed by atoms with Gasteiger partial charge in [0.2, 0.25) is 11.8 Å². The summed E-state index contributed by atoms with van der Waals surface area (Å²) in [5.41, 5.74) is 3.26. The number of para-hydroxylation sites is 1. The van der Waals surface area contributed by atoms with Crippen molar-refractivity contribution >= 4 is 12.2 Å². The molecule has 0 radical (unpaired) electrons. The van der Waals surface area contributed by atoms with Crippen molar-refractivity contribution < 1.29 is 9.15 Å². The van der Waals surface area contributed by atoms with Crippen LogP contribution in [0.4, 0.5) is 0 Å². The molecule has 0 aliphatic rings. The van der Waals surface area contributed by atoms with Gasteiger partial charge in [-0.3, -0.25) is 0 Å². The van der Waals surface area contributed by atoms with Gasteiger partial charge in [0, 0.05) is 17.2 Å². The van der Waals surface area contributed by atoms with Crippen molar-refractivity contribution in [2.75, 3.05) is 7.11 Å². The summed E-state index contributed by atoms with van der Waals surface area (Å²) in [6.07, 6.45) is 3.69. The van der Waals surface area contributed by atoms with Crippen LogP contribution in [0.1, 0.15) is 37.8 Å². The normalized spacial score (nSPS) is 11.8. The van der Waals surface area contributed by atoms with Crippen molar-refractivity contribution in [2.45, 2.75) is 26.2 Å². The number of methoxy groups -OCH3 is 1. The number of hydrogen-bond acceptors (Lipinski definition) is 4. The number of hydrogen-bond donors (Lipinski definition) is 0. The molecule has 128 valence electrons. The zero-order valence-corrected chi connectivity index (χ0v) is 15.0. The molecule has 3 rings (SSSR count). The summed E-state index contributed by atoms with van der Waals surface area (Å²) in [6, 6.07) is 16.0. The molecular formula is C21H22N2O2. The SMILES string of the molecule is COc1ccccc1/C=C/c1nnc(-c2ccc(C(C)(C)C)cc2)o1. The fraction of sp³-hybridized carbons (Fsp3) is 0.238. The molecule has 0 atom stereocenters. The van der Waals surface area contributed by atoms with Crippen LogP contribution in [0, 0.1) is 0 Å². The lowest BCUT2D eigenvalue weighted by Gasteiger charge is -2.18. The predicted molar refractivity (Wildman–Crippen MR) is 100 cm³/mol. The van der Waals surface area contributed by atoms with Crippen LogP contribution in [0.2, 0.25) is 0 Å². The number of ether oxygens (including phenoxy) is 1. The highest BCUT2D eigenvalue weighted by Gasteiger charge is 2.14. The topological polar surface area (TPSA) is 48.2 Å². The van der Waals surface area contributed by atoms with Gasteiger partial charge in [-0.25, -0.2) is 0 Å². The average molecular weight is 334 g/mol. The standard InChI is InChI=1S/C21H22N2O2/c1-21(2,3)17-12-9-16(10-13-17)20-23-22-19(25-20)14-11-15-7-5-6-8-18(15)24-4/h5-14H,1-4H3/b14-11+. The third-order valence-electron chi connectivity index (χ3n) is 3.98. The van der Waals surface area contributed by atoms with E-state index in [1.165, 1.54) is 5.56 Å². The fourth-order valence-electron chi connectivity index (χ4n) is 2.50. The molecule has 0 aliphatic carbocycles. The molecular weight excluding hydrogens is 312 g/mol. The molecule has 0 N–H and O–H groups in total. The summed E-state index contributed by atoms with van der Waals surface area (Å²) in [7, 11) is 1.65. The Morgan fingerprint density at radius 3 is 2.32 bits per heavy atom. The van der Waals surface area contributed by atoms with E-state index in [1.807, 2.05) is 42.5 Å². The first-order chi connectivity index (χ1) is 12.0. The molecule has 0 saturated heterocycles. The molecule has 4 heteroatoms. The van der Waals surface area contributed by atoms with Gasteiger partial charge >= 0.3 is 0 Å². The van der Waals surface area contributed by atoms with E-state index in [2.05, 4.69) is 43.1 Å². The summed E-state index contributed by atoms with van der Waals surface area (Å²) in [5.74, 6) is 1.78. The maximum atomic E-state index is 5.74. The van der Waals surface area contributed by atoms with Gasteiger partial charge in [-0.05, 0) is 35.3 Å².